The lowest BCUT2D eigenvalue weighted by Gasteiger charge is -2.36. The van der Waals surface area contributed by atoms with Crippen LogP contribution in [0, 0.1) is 23.2 Å². The Balaban J connectivity index is 2.57. The van der Waals surface area contributed by atoms with Gasteiger partial charge in [0.2, 0.25) is 5.91 Å². The molecular formula is C15H28N2O3. The Bertz CT molecular complexity index is 347. The van der Waals surface area contributed by atoms with Crippen LogP contribution in [0.4, 0.5) is 0 Å². The molecule has 1 aliphatic rings. The van der Waals surface area contributed by atoms with Crippen LogP contribution in [-0.2, 0) is 9.59 Å². The van der Waals surface area contributed by atoms with Crippen LogP contribution >= 0.6 is 0 Å². The monoisotopic (exact) mass is 284 g/mol. The van der Waals surface area contributed by atoms with Crippen LogP contribution in [0.1, 0.15) is 40.5 Å². The van der Waals surface area contributed by atoms with Gasteiger partial charge in [-0.15, -0.1) is 0 Å². The minimum atomic E-state index is -0.850. The average Bonchev–Trinajstić information content (AvgIpc) is 2.38. The zero-order chi connectivity index (χ0) is 15.3. The average molecular weight is 284 g/mol. The molecule has 1 amide bonds. The molecule has 0 saturated carbocycles. The number of amides is 1. The highest BCUT2D eigenvalue weighted by atomic mass is 16.4. The molecule has 3 N–H and O–H groups in total. The van der Waals surface area contributed by atoms with Crippen LogP contribution in [-0.4, -0.2) is 36.6 Å². The summed E-state index contributed by atoms with van der Waals surface area (Å²) < 4.78 is 0. The van der Waals surface area contributed by atoms with Gasteiger partial charge in [-0.1, -0.05) is 27.7 Å². The summed E-state index contributed by atoms with van der Waals surface area (Å²) in [6, 6.07) is 0. The van der Waals surface area contributed by atoms with Crippen LogP contribution in [0.3, 0.4) is 0 Å². The molecule has 2 unspecified atom stereocenters. The number of aliphatic carboxylic acids is 1. The maximum absolute atomic E-state index is 12.4. The van der Waals surface area contributed by atoms with Gasteiger partial charge in [-0.3, -0.25) is 9.59 Å². The summed E-state index contributed by atoms with van der Waals surface area (Å²) in [5, 5.41) is 15.3. The van der Waals surface area contributed by atoms with E-state index in [1.165, 1.54) is 0 Å². The van der Waals surface area contributed by atoms with E-state index in [0.29, 0.717) is 5.92 Å². The minimum Gasteiger partial charge on any atom is -0.481 e. The van der Waals surface area contributed by atoms with Crippen LogP contribution in [0.2, 0.25) is 0 Å². The number of carbonyl (C=O) groups is 2. The van der Waals surface area contributed by atoms with Crippen molar-refractivity contribution in [2.45, 2.75) is 40.5 Å². The molecule has 5 nitrogen and oxygen atoms in total. The normalized spacial score (nSPS) is 21.6. The second kappa shape index (κ2) is 7.07. The molecule has 0 aliphatic carbocycles. The molecule has 1 fully saturated rings. The SMILES string of the molecule is CC(C)C(CNC(=O)C(C)(C)C1CCCNC1)C(=O)O. The zero-order valence-electron chi connectivity index (χ0n) is 13.0. The van der Waals surface area contributed by atoms with Gasteiger partial charge in [-0.2, -0.15) is 0 Å². The van der Waals surface area contributed by atoms with Crippen molar-refractivity contribution in [1.29, 1.82) is 0 Å². The summed E-state index contributed by atoms with van der Waals surface area (Å²) in [6.45, 7) is 9.70. The van der Waals surface area contributed by atoms with E-state index < -0.39 is 17.3 Å². The topological polar surface area (TPSA) is 78.4 Å². The molecule has 116 valence electrons. The summed E-state index contributed by atoms with van der Waals surface area (Å²) in [7, 11) is 0. The Morgan fingerprint density at radius 2 is 2.05 bits per heavy atom. The van der Waals surface area contributed by atoms with Gasteiger partial charge in [-0.05, 0) is 37.8 Å². The first-order valence-electron chi connectivity index (χ1n) is 7.48. The smallest absolute Gasteiger partial charge is 0.308 e. The maximum Gasteiger partial charge on any atom is 0.308 e. The molecule has 20 heavy (non-hydrogen) atoms. The summed E-state index contributed by atoms with van der Waals surface area (Å²) in [6.07, 6.45) is 2.13. The van der Waals surface area contributed by atoms with Crippen LogP contribution in [0.15, 0.2) is 0 Å². The maximum atomic E-state index is 12.4. The lowest BCUT2D eigenvalue weighted by atomic mass is 9.74. The number of carbonyl (C=O) groups excluding carboxylic acids is 1. The third-order valence-corrected chi connectivity index (χ3v) is 4.51. The summed E-state index contributed by atoms with van der Waals surface area (Å²) >= 11 is 0. The van der Waals surface area contributed by atoms with E-state index in [9.17, 15) is 9.59 Å². The molecule has 1 rings (SSSR count). The quantitative estimate of drug-likeness (QED) is 0.690. The van der Waals surface area contributed by atoms with Gasteiger partial charge in [0.25, 0.3) is 0 Å². The highest BCUT2D eigenvalue weighted by Crippen LogP contribution is 2.32. The fourth-order valence-electron chi connectivity index (χ4n) is 2.69. The molecule has 0 aromatic rings. The highest BCUT2D eigenvalue weighted by Gasteiger charge is 2.37. The second-order valence-corrected chi connectivity index (χ2v) is 6.66. The van der Waals surface area contributed by atoms with Gasteiger partial charge in [-0.25, -0.2) is 0 Å². The molecule has 2 atom stereocenters. The molecule has 5 heteroatoms. The third-order valence-electron chi connectivity index (χ3n) is 4.51. The molecule has 0 radical (unpaired) electrons. The fourth-order valence-corrected chi connectivity index (χ4v) is 2.69. The number of carboxylic acids is 1. The predicted molar refractivity (Wildman–Crippen MR) is 78.3 cm³/mol. The molecule has 0 spiro atoms. The largest absolute Gasteiger partial charge is 0.481 e. The Morgan fingerprint density at radius 1 is 1.40 bits per heavy atom. The molecule has 1 aliphatic heterocycles. The van der Waals surface area contributed by atoms with E-state index in [0.717, 1.165) is 25.9 Å². The van der Waals surface area contributed by atoms with Gasteiger partial charge >= 0.3 is 5.97 Å². The predicted octanol–water partition coefficient (Wildman–Crippen LogP) is 1.49. The summed E-state index contributed by atoms with van der Waals surface area (Å²) in [4.78, 5) is 23.5. The highest BCUT2D eigenvalue weighted by molar-refractivity contribution is 5.82. The van der Waals surface area contributed by atoms with E-state index in [2.05, 4.69) is 10.6 Å². The number of piperidine rings is 1. The van der Waals surface area contributed by atoms with Crippen molar-refractivity contribution in [2.24, 2.45) is 23.2 Å². The Morgan fingerprint density at radius 3 is 2.50 bits per heavy atom. The third kappa shape index (κ3) is 4.20. The summed E-state index contributed by atoms with van der Waals surface area (Å²) in [5.41, 5.74) is -0.465. The first-order valence-corrected chi connectivity index (χ1v) is 7.48. The minimum absolute atomic E-state index is 0.00672. The zero-order valence-corrected chi connectivity index (χ0v) is 13.0. The van der Waals surface area contributed by atoms with E-state index in [1.54, 1.807) is 0 Å². The Hall–Kier alpha value is -1.10. The van der Waals surface area contributed by atoms with E-state index in [-0.39, 0.29) is 18.4 Å². The van der Waals surface area contributed by atoms with Crippen molar-refractivity contribution in [1.82, 2.24) is 10.6 Å². The van der Waals surface area contributed by atoms with Crippen molar-refractivity contribution in [3.05, 3.63) is 0 Å². The number of carboxylic acid groups (broad SMARTS) is 1. The first kappa shape index (κ1) is 17.0. The lowest BCUT2D eigenvalue weighted by Crippen LogP contribution is -2.49. The molecule has 0 bridgehead atoms. The van der Waals surface area contributed by atoms with Crippen molar-refractivity contribution in [3.8, 4) is 0 Å². The van der Waals surface area contributed by atoms with Crippen LogP contribution in [0.25, 0.3) is 0 Å². The summed E-state index contributed by atoms with van der Waals surface area (Å²) in [5.74, 6) is -1.11. The van der Waals surface area contributed by atoms with E-state index >= 15 is 0 Å². The molecule has 1 heterocycles. The fraction of sp³-hybridized carbons (Fsp3) is 0.867. The molecule has 0 aromatic carbocycles. The van der Waals surface area contributed by atoms with Crippen molar-refractivity contribution in [2.75, 3.05) is 19.6 Å². The van der Waals surface area contributed by atoms with Gasteiger partial charge in [0.15, 0.2) is 0 Å². The van der Waals surface area contributed by atoms with Crippen molar-refractivity contribution >= 4 is 11.9 Å². The lowest BCUT2D eigenvalue weighted by molar-refractivity contribution is -0.143. The molecular weight excluding hydrogens is 256 g/mol. The van der Waals surface area contributed by atoms with Gasteiger partial charge in [0, 0.05) is 12.0 Å². The standard InChI is InChI=1S/C15H28N2O3/c1-10(2)12(13(18)19)9-17-14(20)15(3,4)11-6-5-7-16-8-11/h10-12,16H,5-9H2,1-4H3,(H,17,20)(H,18,19). The number of rotatable bonds is 6. The van der Waals surface area contributed by atoms with Crippen molar-refractivity contribution < 1.29 is 14.7 Å². The van der Waals surface area contributed by atoms with Crippen LogP contribution in [0.5, 0.6) is 0 Å². The van der Waals surface area contributed by atoms with E-state index in [1.807, 2.05) is 27.7 Å². The second-order valence-electron chi connectivity index (χ2n) is 6.66. The molecule has 1 saturated heterocycles. The van der Waals surface area contributed by atoms with Crippen LogP contribution < -0.4 is 10.6 Å². The molecule has 0 aromatic heterocycles. The first-order chi connectivity index (χ1) is 9.26. The number of hydrogen-bond acceptors (Lipinski definition) is 3. The van der Waals surface area contributed by atoms with Gasteiger partial charge in [0.05, 0.1) is 5.92 Å². The van der Waals surface area contributed by atoms with Gasteiger partial charge < -0.3 is 15.7 Å². The van der Waals surface area contributed by atoms with E-state index in [4.69, 9.17) is 5.11 Å². The van der Waals surface area contributed by atoms with Gasteiger partial charge in [0.1, 0.15) is 0 Å². The Kier molecular flexibility index (Phi) is 5.99. The van der Waals surface area contributed by atoms with Crippen molar-refractivity contribution in [3.63, 3.8) is 0 Å². The number of nitrogens with one attached hydrogen (secondary N) is 2. The number of hydrogen-bond donors (Lipinski definition) is 3. The Labute approximate surface area is 121 Å².